The molecule has 5 nitrogen and oxygen atoms in total. The van der Waals surface area contributed by atoms with Crippen molar-refractivity contribution in [2.24, 2.45) is 0 Å². The number of para-hydroxylation sites is 1. The second-order valence-electron chi connectivity index (χ2n) is 7.09. The molecule has 5 heteroatoms. The lowest BCUT2D eigenvalue weighted by atomic mass is 10.0. The van der Waals surface area contributed by atoms with Crippen LogP contribution in [0.15, 0.2) is 79.0 Å². The third-order valence-electron chi connectivity index (χ3n) is 5.34. The molecule has 0 radical (unpaired) electrons. The molecule has 0 aliphatic rings. The lowest BCUT2D eigenvalue weighted by Crippen LogP contribution is -1.96. The van der Waals surface area contributed by atoms with Crippen LogP contribution in [0.4, 0.5) is 0 Å². The quantitative estimate of drug-likeness (QED) is 0.397. The lowest BCUT2D eigenvalue weighted by Gasteiger charge is -2.11. The maximum atomic E-state index is 9.50. The summed E-state index contributed by atoms with van der Waals surface area (Å²) in [4.78, 5) is 4.13. The minimum absolute atomic E-state index is 0.275. The molecule has 0 N–H and O–H groups in total. The summed E-state index contributed by atoms with van der Waals surface area (Å²) in [6.45, 7) is 0. The Morgan fingerprint density at radius 2 is 1.48 bits per heavy atom. The Kier molecular flexibility index (Phi) is 4.19. The number of hydrogen-bond acceptors (Lipinski definition) is 4. The van der Waals surface area contributed by atoms with Crippen molar-refractivity contribution in [1.29, 1.82) is 15.8 Å². The molecule has 5 aromatic rings. The zero-order valence-corrected chi connectivity index (χ0v) is 16.2. The summed E-state index contributed by atoms with van der Waals surface area (Å²) in [7, 11) is 0. The summed E-state index contributed by atoms with van der Waals surface area (Å²) < 4.78 is 2.14. The van der Waals surface area contributed by atoms with Crippen LogP contribution < -0.4 is 0 Å². The van der Waals surface area contributed by atoms with E-state index in [1.807, 2.05) is 66.7 Å². The van der Waals surface area contributed by atoms with Crippen molar-refractivity contribution in [2.75, 3.05) is 0 Å². The molecule has 5 rings (SSSR count). The first-order valence-corrected chi connectivity index (χ1v) is 9.58. The highest BCUT2D eigenvalue weighted by molar-refractivity contribution is 6.09. The van der Waals surface area contributed by atoms with Crippen LogP contribution in [0, 0.1) is 34.0 Å². The third kappa shape index (κ3) is 2.88. The van der Waals surface area contributed by atoms with Gasteiger partial charge in [-0.3, -0.25) is 0 Å². The smallest absolute Gasteiger partial charge is 0.148 e. The first kappa shape index (κ1) is 18.1. The Labute approximate surface area is 178 Å². The molecule has 0 amide bonds. The van der Waals surface area contributed by atoms with Crippen molar-refractivity contribution in [2.45, 2.75) is 0 Å². The summed E-state index contributed by atoms with van der Waals surface area (Å²) in [5.41, 5.74) is 5.64. The molecule has 2 heterocycles. The van der Waals surface area contributed by atoms with Crippen molar-refractivity contribution in [1.82, 2.24) is 9.55 Å². The number of fused-ring (bicyclic) bond motifs is 3. The number of nitrogens with zero attached hydrogens (tertiary/aromatic N) is 5. The number of benzene rings is 3. The number of nitriles is 3. The highest BCUT2D eigenvalue weighted by Gasteiger charge is 2.14. The Morgan fingerprint density at radius 1 is 0.677 bits per heavy atom. The van der Waals surface area contributed by atoms with Gasteiger partial charge in [-0.15, -0.1) is 0 Å². The van der Waals surface area contributed by atoms with Crippen LogP contribution in [0.1, 0.15) is 16.8 Å². The SMILES string of the molecule is N#Cc1cnc(C#N)c(-c2cccc(-n3c4ccccc4c4cc(C#N)ccc43)c2)c1. The van der Waals surface area contributed by atoms with E-state index in [0.29, 0.717) is 16.7 Å². The molecular weight excluding hydrogens is 382 g/mol. The van der Waals surface area contributed by atoms with Crippen LogP contribution in [0.25, 0.3) is 38.6 Å². The minimum Gasteiger partial charge on any atom is -0.309 e. The van der Waals surface area contributed by atoms with Crippen LogP contribution in [0.2, 0.25) is 0 Å². The van der Waals surface area contributed by atoms with E-state index in [-0.39, 0.29) is 5.69 Å². The van der Waals surface area contributed by atoms with E-state index in [9.17, 15) is 15.8 Å². The molecule has 0 unspecified atom stereocenters. The molecule has 31 heavy (non-hydrogen) atoms. The van der Waals surface area contributed by atoms with E-state index in [1.165, 1.54) is 6.20 Å². The predicted molar refractivity (Wildman–Crippen MR) is 118 cm³/mol. The fraction of sp³-hybridized carbons (Fsp3) is 0. The van der Waals surface area contributed by atoms with E-state index in [1.54, 1.807) is 6.07 Å². The summed E-state index contributed by atoms with van der Waals surface area (Å²) >= 11 is 0. The summed E-state index contributed by atoms with van der Waals surface area (Å²) in [5.74, 6) is 0. The maximum absolute atomic E-state index is 9.50. The van der Waals surface area contributed by atoms with Gasteiger partial charge in [0.05, 0.1) is 28.2 Å². The number of aromatic nitrogens is 2. The zero-order chi connectivity index (χ0) is 21.4. The van der Waals surface area contributed by atoms with Gasteiger partial charge in [0.2, 0.25) is 0 Å². The summed E-state index contributed by atoms with van der Waals surface area (Å²) in [6.07, 6.45) is 1.41. The van der Waals surface area contributed by atoms with Gasteiger partial charge in [-0.1, -0.05) is 30.3 Å². The number of hydrogen-bond donors (Lipinski definition) is 0. The van der Waals surface area contributed by atoms with Gasteiger partial charge in [-0.2, -0.15) is 15.8 Å². The van der Waals surface area contributed by atoms with Crippen LogP contribution in [0.5, 0.6) is 0 Å². The Morgan fingerprint density at radius 3 is 2.29 bits per heavy atom. The molecule has 0 spiro atoms. The first-order valence-electron chi connectivity index (χ1n) is 9.58. The fourth-order valence-electron chi connectivity index (χ4n) is 3.97. The molecule has 2 aromatic heterocycles. The summed E-state index contributed by atoms with van der Waals surface area (Å²) in [6, 6.07) is 29.7. The lowest BCUT2D eigenvalue weighted by molar-refractivity contribution is 1.18. The van der Waals surface area contributed by atoms with Gasteiger partial charge >= 0.3 is 0 Å². The molecule has 0 fully saturated rings. The molecule has 0 saturated carbocycles. The largest absolute Gasteiger partial charge is 0.309 e. The van der Waals surface area contributed by atoms with Crippen LogP contribution in [-0.4, -0.2) is 9.55 Å². The highest BCUT2D eigenvalue weighted by atomic mass is 15.0. The second-order valence-corrected chi connectivity index (χ2v) is 7.09. The van der Waals surface area contributed by atoms with Crippen LogP contribution in [-0.2, 0) is 0 Å². The van der Waals surface area contributed by atoms with Gasteiger partial charge in [0.15, 0.2) is 0 Å². The van der Waals surface area contributed by atoms with Crippen molar-refractivity contribution in [3.8, 4) is 35.0 Å². The first-order chi connectivity index (χ1) is 15.2. The van der Waals surface area contributed by atoms with Gasteiger partial charge in [-0.25, -0.2) is 4.98 Å². The monoisotopic (exact) mass is 395 g/mol. The molecule has 0 saturated heterocycles. The molecule has 0 atom stereocenters. The van der Waals surface area contributed by atoms with Crippen molar-refractivity contribution in [3.05, 3.63) is 95.8 Å². The Bertz CT molecular complexity index is 1620. The molecule has 0 aliphatic carbocycles. The van der Waals surface area contributed by atoms with Crippen LogP contribution >= 0.6 is 0 Å². The number of pyridine rings is 1. The average molecular weight is 395 g/mol. The normalized spacial score (nSPS) is 10.5. The summed E-state index contributed by atoms with van der Waals surface area (Å²) in [5, 5.41) is 30.2. The average Bonchev–Trinajstić information content (AvgIpc) is 3.17. The van der Waals surface area contributed by atoms with Gasteiger partial charge in [0.25, 0.3) is 0 Å². The van der Waals surface area contributed by atoms with Gasteiger partial charge < -0.3 is 4.57 Å². The highest BCUT2D eigenvalue weighted by Crippen LogP contribution is 2.34. The van der Waals surface area contributed by atoms with Crippen molar-refractivity contribution < 1.29 is 0 Å². The van der Waals surface area contributed by atoms with E-state index in [4.69, 9.17) is 0 Å². The van der Waals surface area contributed by atoms with Crippen LogP contribution in [0.3, 0.4) is 0 Å². The molecular formula is C26H13N5. The minimum atomic E-state index is 0.275. The third-order valence-corrected chi connectivity index (χ3v) is 5.34. The Hall–Kier alpha value is -4.92. The fourth-order valence-corrected chi connectivity index (χ4v) is 3.97. The molecule has 0 bridgehead atoms. The standard InChI is InChI=1S/C26H13N5/c27-13-17-8-9-26-23(10-17)21-6-1-2-7-25(21)31(26)20-5-3-4-19(12-20)22-11-18(14-28)16-30-24(22)15-29/h1-12,16H. The maximum Gasteiger partial charge on any atom is 0.148 e. The number of rotatable bonds is 2. The topological polar surface area (TPSA) is 89.2 Å². The second kappa shape index (κ2) is 7.16. The predicted octanol–water partition coefficient (Wildman–Crippen LogP) is 5.46. The molecule has 3 aromatic carbocycles. The van der Waals surface area contributed by atoms with Gasteiger partial charge in [-0.05, 0) is 48.0 Å². The molecule has 142 valence electrons. The van der Waals surface area contributed by atoms with Gasteiger partial charge in [0.1, 0.15) is 17.8 Å². The van der Waals surface area contributed by atoms with Crippen molar-refractivity contribution in [3.63, 3.8) is 0 Å². The van der Waals surface area contributed by atoms with E-state index in [0.717, 1.165) is 33.1 Å². The van der Waals surface area contributed by atoms with Crippen molar-refractivity contribution >= 4 is 21.8 Å². The van der Waals surface area contributed by atoms with Gasteiger partial charge in [0, 0.05) is 28.2 Å². The zero-order valence-electron chi connectivity index (χ0n) is 16.2. The van der Waals surface area contributed by atoms with E-state index in [2.05, 4.69) is 27.8 Å². The van der Waals surface area contributed by atoms with E-state index < -0.39 is 0 Å². The van der Waals surface area contributed by atoms with E-state index >= 15 is 0 Å². The molecule has 0 aliphatic heterocycles. The Balaban J connectivity index is 1.80.